The number of hydrogen-bond acceptors (Lipinski definition) is 5. The average Bonchev–Trinajstić information content (AvgIpc) is 3.17. The van der Waals surface area contributed by atoms with Crippen LogP contribution in [0, 0.1) is 0 Å². The van der Waals surface area contributed by atoms with Gasteiger partial charge in [0, 0.05) is 6.42 Å². The summed E-state index contributed by atoms with van der Waals surface area (Å²) in [5, 5.41) is 5.47. The second-order valence-electron chi connectivity index (χ2n) is 6.47. The molecule has 8 heteroatoms. The van der Waals surface area contributed by atoms with Gasteiger partial charge >= 0.3 is 6.09 Å². The second-order valence-corrected chi connectivity index (χ2v) is 7.32. The van der Waals surface area contributed by atoms with Gasteiger partial charge in [0.2, 0.25) is 5.91 Å². The van der Waals surface area contributed by atoms with E-state index in [4.69, 9.17) is 9.57 Å². The molecule has 0 aromatic heterocycles. The summed E-state index contributed by atoms with van der Waals surface area (Å²) in [6.07, 6.45) is 1.20. The fourth-order valence-electron chi connectivity index (χ4n) is 2.75. The van der Waals surface area contributed by atoms with Crippen LogP contribution in [-0.4, -0.2) is 30.7 Å². The van der Waals surface area contributed by atoms with Crippen LogP contribution in [0.5, 0.6) is 0 Å². The summed E-state index contributed by atoms with van der Waals surface area (Å²) in [5.41, 5.74) is 4.46. The SMILES string of the molecule is O=C(N[C@@H](Cc1ccccc1)C(=O)NCC1C=C(Br)NO1)OCc1ccccc1. The molecule has 152 valence electrons. The summed E-state index contributed by atoms with van der Waals surface area (Å²) in [5.74, 6) is -0.314. The highest BCUT2D eigenvalue weighted by Gasteiger charge is 2.24. The topological polar surface area (TPSA) is 88.7 Å². The van der Waals surface area contributed by atoms with Gasteiger partial charge in [0.15, 0.2) is 0 Å². The number of hydrogen-bond donors (Lipinski definition) is 3. The van der Waals surface area contributed by atoms with Crippen molar-refractivity contribution >= 4 is 27.9 Å². The van der Waals surface area contributed by atoms with Gasteiger partial charge in [-0.15, -0.1) is 0 Å². The Hall–Kier alpha value is -2.84. The standard InChI is InChI=1S/C21H22BrN3O4/c22-19-12-17(29-25-19)13-23-20(26)18(11-15-7-3-1-4-8-15)24-21(27)28-14-16-9-5-2-6-10-16/h1-10,12,17-18,25H,11,13-14H2,(H,23,26)(H,24,27)/t17?,18-/m0/s1. The number of carbonyl (C=O) groups is 2. The van der Waals surface area contributed by atoms with Gasteiger partial charge in [-0.2, -0.15) is 0 Å². The molecule has 1 heterocycles. The van der Waals surface area contributed by atoms with Crippen LogP contribution < -0.4 is 16.1 Å². The maximum Gasteiger partial charge on any atom is 0.408 e. The molecule has 29 heavy (non-hydrogen) atoms. The fourth-order valence-corrected chi connectivity index (χ4v) is 3.14. The van der Waals surface area contributed by atoms with Gasteiger partial charge in [0.05, 0.1) is 6.54 Å². The monoisotopic (exact) mass is 459 g/mol. The number of amides is 2. The lowest BCUT2D eigenvalue weighted by Gasteiger charge is -2.19. The van der Waals surface area contributed by atoms with E-state index in [9.17, 15) is 9.59 Å². The van der Waals surface area contributed by atoms with Crippen LogP contribution >= 0.6 is 15.9 Å². The van der Waals surface area contributed by atoms with Crippen molar-refractivity contribution in [1.29, 1.82) is 0 Å². The van der Waals surface area contributed by atoms with Gasteiger partial charge in [-0.3, -0.25) is 15.1 Å². The van der Waals surface area contributed by atoms with Crippen molar-refractivity contribution in [3.05, 3.63) is 82.5 Å². The Balaban J connectivity index is 1.57. The first kappa shape index (κ1) is 20.9. The third kappa shape index (κ3) is 6.92. The van der Waals surface area contributed by atoms with Gasteiger partial charge in [0.1, 0.15) is 23.4 Å². The molecule has 0 bridgehead atoms. The molecule has 2 aromatic rings. The van der Waals surface area contributed by atoms with Crippen LogP contribution in [0.2, 0.25) is 0 Å². The lowest BCUT2D eigenvalue weighted by Crippen LogP contribution is -2.49. The van der Waals surface area contributed by atoms with Crippen molar-refractivity contribution in [2.75, 3.05) is 6.54 Å². The number of alkyl carbamates (subject to hydrolysis) is 1. The van der Waals surface area contributed by atoms with Gasteiger partial charge in [-0.1, -0.05) is 60.7 Å². The molecule has 1 aliphatic rings. The normalized spacial score (nSPS) is 16.3. The molecule has 0 spiro atoms. The molecule has 7 nitrogen and oxygen atoms in total. The molecule has 2 amide bonds. The quantitative estimate of drug-likeness (QED) is 0.528. The Labute approximate surface area is 177 Å². The van der Waals surface area contributed by atoms with E-state index in [1.165, 1.54) is 0 Å². The molecule has 0 saturated carbocycles. The summed E-state index contributed by atoms with van der Waals surface area (Å²) in [7, 11) is 0. The first-order chi connectivity index (χ1) is 14.1. The smallest absolute Gasteiger partial charge is 0.408 e. The maximum atomic E-state index is 12.7. The number of nitrogens with one attached hydrogen (secondary N) is 3. The van der Waals surface area contributed by atoms with Crippen molar-refractivity contribution in [3.8, 4) is 0 Å². The van der Waals surface area contributed by atoms with Crippen molar-refractivity contribution in [2.24, 2.45) is 0 Å². The maximum absolute atomic E-state index is 12.7. The number of carbonyl (C=O) groups excluding carboxylic acids is 2. The highest BCUT2D eigenvalue weighted by molar-refractivity contribution is 9.11. The van der Waals surface area contributed by atoms with Crippen LogP contribution in [0.4, 0.5) is 4.79 Å². The van der Waals surface area contributed by atoms with Crippen LogP contribution in [0.25, 0.3) is 0 Å². The molecule has 2 atom stereocenters. The van der Waals surface area contributed by atoms with Gasteiger partial charge in [-0.25, -0.2) is 4.79 Å². The predicted molar refractivity (Wildman–Crippen MR) is 112 cm³/mol. The van der Waals surface area contributed by atoms with Crippen molar-refractivity contribution < 1.29 is 19.2 Å². The minimum absolute atomic E-state index is 0.132. The molecule has 0 fully saturated rings. The minimum atomic E-state index is -0.776. The lowest BCUT2D eigenvalue weighted by molar-refractivity contribution is -0.123. The van der Waals surface area contributed by atoms with E-state index in [2.05, 4.69) is 32.0 Å². The van der Waals surface area contributed by atoms with Gasteiger partial charge in [-0.05, 0) is 33.1 Å². The summed E-state index contributed by atoms with van der Waals surface area (Å²) in [4.78, 5) is 30.2. The highest BCUT2D eigenvalue weighted by atomic mass is 79.9. The fraction of sp³-hybridized carbons (Fsp3) is 0.238. The minimum Gasteiger partial charge on any atom is -0.445 e. The van der Waals surface area contributed by atoms with Gasteiger partial charge < -0.3 is 15.4 Å². The van der Waals surface area contributed by atoms with Crippen molar-refractivity contribution in [1.82, 2.24) is 16.1 Å². The molecule has 1 aliphatic heterocycles. The van der Waals surface area contributed by atoms with E-state index in [-0.39, 0.29) is 25.2 Å². The summed E-state index contributed by atoms with van der Waals surface area (Å²) >= 11 is 3.27. The van der Waals surface area contributed by atoms with Crippen LogP contribution in [-0.2, 0) is 27.4 Å². The molecule has 3 N–H and O–H groups in total. The Morgan fingerprint density at radius 1 is 1.07 bits per heavy atom. The zero-order valence-corrected chi connectivity index (χ0v) is 17.2. The van der Waals surface area contributed by atoms with E-state index in [1.807, 2.05) is 60.7 Å². The molecule has 0 aliphatic carbocycles. The number of ether oxygens (including phenoxy) is 1. The lowest BCUT2D eigenvalue weighted by atomic mass is 10.1. The Bertz CT molecular complexity index is 846. The molecular formula is C21H22BrN3O4. The molecule has 1 unspecified atom stereocenters. The highest BCUT2D eigenvalue weighted by Crippen LogP contribution is 2.11. The van der Waals surface area contributed by atoms with Crippen LogP contribution in [0.3, 0.4) is 0 Å². The zero-order valence-electron chi connectivity index (χ0n) is 15.6. The number of benzene rings is 2. The van der Waals surface area contributed by atoms with E-state index in [0.717, 1.165) is 11.1 Å². The first-order valence-corrected chi connectivity index (χ1v) is 9.97. The van der Waals surface area contributed by atoms with E-state index in [0.29, 0.717) is 11.0 Å². The third-order valence-electron chi connectivity index (χ3n) is 4.22. The zero-order chi connectivity index (χ0) is 20.5. The number of halogens is 1. The van der Waals surface area contributed by atoms with Crippen LogP contribution in [0.15, 0.2) is 71.3 Å². The van der Waals surface area contributed by atoms with Gasteiger partial charge in [0.25, 0.3) is 0 Å². The summed E-state index contributed by atoms with van der Waals surface area (Å²) in [6.45, 7) is 0.403. The van der Waals surface area contributed by atoms with Crippen molar-refractivity contribution in [2.45, 2.75) is 25.2 Å². The second kappa shape index (κ2) is 10.6. The van der Waals surface area contributed by atoms with E-state index >= 15 is 0 Å². The third-order valence-corrected chi connectivity index (χ3v) is 4.65. The van der Waals surface area contributed by atoms with E-state index in [1.54, 1.807) is 6.08 Å². The largest absolute Gasteiger partial charge is 0.445 e. The Morgan fingerprint density at radius 2 is 1.72 bits per heavy atom. The number of hydroxylamine groups is 1. The molecule has 0 saturated heterocycles. The number of rotatable bonds is 8. The predicted octanol–water partition coefficient (Wildman–Crippen LogP) is 2.78. The average molecular weight is 460 g/mol. The van der Waals surface area contributed by atoms with Crippen LogP contribution in [0.1, 0.15) is 11.1 Å². The molecule has 0 radical (unpaired) electrons. The molecular weight excluding hydrogens is 438 g/mol. The van der Waals surface area contributed by atoms with E-state index < -0.39 is 12.1 Å². The van der Waals surface area contributed by atoms with Crippen molar-refractivity contribution in [3.63, 3.8) is 0 Å². The molecule has 3 rings (SSSR count). The Kier molecular flexibility index (Phi) is 7.66. The summed E-state index contributed by atoms with van der Waals surface area (Å²) in [6, 6.07) is 18.1. The Morgan fingerprint density at radius 3 is 2.34 bits per heavy atom. The first-order valence-electron chi connectivity index (χ1n) is 9.18. The summed E-state index contributed by atoms with van der Waals surface area (Å²) < 4.78 is 5.97. The molecule has 2 aromatic carbocycles.